The van der Waals surface area contributed by atoms with Crippen molar-refractivity contribution in [2.75, 3.05) is 5.32 Å². The number of amides is 1. The van der Waals surface area contributed by atoms with E-state index < -0.39 is 4.92 Å². The third-order valence-corrected chi connectivity index (χ3v) is 4.69. The van der Waals surface area contributed by atoms with Crippen molar-refractivity contribution in [3.05, 3.63) is 69.8 Å². The van der Waals surface area contributed by atoms with Crippen molar-refractivity contribution >= 4 is 29.0 Å². The smallest absolute Gasteiger partial charge is 0.274 e. The second-order valence-corrected chi connectivity index (χ2v) is 6.46. The van der Waals surface area contributed by atoms with Crippen molar-refractivity contribution in [2.45, 2.75) is 24.9 Å². The standard InChI is InChI=1S/C17H18N2O3S/c1-12-15(9-6-10-16(12)19(21)22)18-17(20)13(2)23-11-14-7-4-3-5-8-14/h3-10,13H,11H2,1-2H3,(H,18,20)/t13-/m1/s1. The van der Waals surface area contributed by atoms with Crippen LogP contribution in [-0.2, 0) is 10.5 Å². The highest BCUT2D eigenvalue weighted by atomic mass is 32.2. The summed E-state index contributed by atoms with van der Waals surface area (Å²) in [5, 5.41) is 13.5. The maximum atomic E-state index is 12.3. The number of benzene rings is 2. The predicted octanol–water partition coefficient (Wildman–Crippen LogP) is 4.16. The number of rotatable bonds is 6. The molecule has 0 unspecified atom stereocenters. The van der Waals surface area contributed by atoms with Crippen LogP contribution < -0.4 is 5.32 Å². The summed E-state index contributed by atoms with van der Waals surface area (Å²) in [6, 6.07) is 14.6. The van der Waals surface area contributed by atoms with Gasteiger partial charge in [-0.15, -0.1) is 11.8 Å². The maximum Gasteiger partial charge on any atom is 0.274 e. The molecule has 0 radical (unpaired) electrons. The largest absolute Gasteiger partial charge is 0.325 e. The zero-order chi connectivity index (χ0) is 16.8. The Labute approximate surface area is 139 Å². The lowest BCUT2D eigenvalue weighted by molar-refractivity contribution is -0.385. The summed E-state index contributed by atoms with van der Waals surface area (Å²) in [6.45, 7) is 3.46. The molecule has 1 amide bonds. The zero-order valence-corrected chi connectivity index (χ0v) is 13.8. The van der Waals surface area contributed by atoms with Crippen molar-refractivity contribution in [3.8, 4) is 0 Å². The Morgan fingerprint density at radius 1 is 1.22 bits per heavy atom. The monoisotopic (exact) mass is 330 g/mol. The van der Waals surface area contributed by atoms with E-state index in [0.717, 1.165) is 11.3 Å². The lowest BCUT2D eigenvalue weighted by Gasteiger charge is -2.13. The molecule has 0 bridgehead atoms. The minimum Gasteiger partial charge on any atom is -0.325 e. The zero-order valence-electron chi connectivity index (χ0n) is 13.0. The normalized spacial score (nSPS) is 11.7. The molecule has 0 heterocycles. The molecule has 1 atom stereocenters. The van der Waals surface area contributed by atoms with Crippen LogP contribution in [0.15, 0.2) is 48.5 Å². The van der Waals surface area contributed by atoms with Crippen LogP contribution in [0, 0.1) is 17.0 Å². The first-order valence-corrected chi connectivity index (χ1v) is 8.24. The van der Waals surface area contributed by atoms with E-state index in [0.29, 0.717) is 11.3 Å². The third-order valence-electron chi connectivity index (χ3n) is 3.47. The van der Waals surface area contributed by atoms with Crippen molar-refractivity contribution in [2.24, 2.45) is 0 Å². The Hall–Kier alpha value is -2.34. The fourth-order valence-corrected chi connectivity index (χ4v) is 2.91. The molecule has 0 aliphatic heterocycles. The van der Waals surface area contributed by atoms with Gasteiger partial charge in [0.15, 0.2) is 0 Å². The van der Waals surface area contributed by atoms with Gasteiger partial charge in [-0.25, -0.2) is 0 Å². The number of hydrogen-bond donors (Lipinski definition) is 1. The van der Waals surface area contributed by atoms with Gasteiger partial charge in [0.2, 0.25) is 5.91 Å². The molecule has 23 heavy (non-hydrogen) atoms. The topological polar surface area (TPSA) is 72.2 Å². The predicted molar refractivity (Wildman–Crippen MR) is 93.7 cm³/mol. The van der Waals surface area contributed by atoms with E-state index in [9.17, 15) is 14.9 Å². The first kappa shape index (κ1) is 17.0. The number of carbonyl (C=O) groups excluding carboxylic acids is 1. The lowest BCUT2D eigenvalue weighted by Crippen LogP contribution is -2.23. The van der Waals surface area contributed by atoms with Gasteiger partial charge in [0, 0.05) is 11.8 Å². The summed E-state index contributed by atoms with van der Waals surface area (Å²) in [7, 11) is 0. The van der Waals surface area contributed by atoms with Crippen LogP contribution in [0.5, 0.6) is 0 Å². The number of nitro groups is 1. The molecular weight excluding hydrogens is 312 g/mol. The van der Waals surface area contributed by atoms with E-state index in [1.54, 1.807) is 19.1 Å². The molecule has 120 valence electrons. The first-order valence-electron chi connectivity index (χ1n) is 7.19. The van der Waals surface area contributed by atoms with Crippen LogP contribution in [-0.4, -0.2) is 16.1 Å². The number of anilines is 1. The molecule has 0 saturated carbocycles. The highest BCUT2D eigenvalue weighted by Crippen LogP contribution is 2.26. The highest BCUT2D eigenvalue weighted by Gasteiger charge is 2.18. The molecule has 0 aromatic heterocycles. The fraction of sp³-hybridized carbons (Fsp3) is 0.235. The van der Waals surface area contributed by atoms with Gasteiger partial charge in [-0.05, 0) is 25.5 Å². The average molecular weight is 330 g/mol. The molecule has 0 fully saturated rings. The molecule has 0 aliphatic carbocycles. The first-order chi connectivity index (χ1) is 11.0. The van der Waals surface area contributed by atoms with Gasteiger partial charge in [-0.3, -0.25) is 14.9 Å². The summed E-state index contributed by atoms with van der Waals surface area (Å²) >= 11 is 1.53. The van der Waals surface area contributed by atoms with Crippen LogP contribution in [0.1, 0.15) is 18.1 Å². The molecule has 2 rings (SSSR count). The SMILES string of the molecule is Cc1c(NC(=O)[C@@H](C)SCc2ccccc2)cccc1[N+](=O)[O-]. The van der Waals surface area contributed by atoms with Gasteiger partial charge < -0.3 is 5.32 Å². The van der Waals surface area contributed by atoms with Crippen molar-refractivity contribution < 1.29 is 9.72 Å². The van der Waals surface area contributed by atoms with Crippen LogP contribution in [0.25, 0.3) is 0 Å². The summed E-state index contributed by atoms with van der Waals surface area (Å²) in [5.74, 6) is 0.582. The van der Waals surface area contributed by atoms with Gasteiger partial charge in [0.05, 0.1) is 21.4 Å². The van der Waals surface area contributed by atoms with E-state index in [4.69, 9.17) is 0 Å². The van der Waals surface area contributed by atoms with E-state index in [1.165, 1.54) is 17.8 Å². The van der Waals surface area contributed by atoms with E-state index in [-0.39, 0.29) is 16.8 Å². The number of carbonyl (C=O) groups is 1. The summed E-state index contributed by atoms with van der Waals surface area (Å²) in [5.41, 5.74) is 2.11. The van der Waals surface area contributed by atoms with Crippen LogP contribution >= 0.6 is 11.8 Å². The summed E-state index contributed by atoms with van der Waals surface area (Å²) < 4.78 is 0. The van der Waals surface area contributed by atoms with Gasteiger partial charge >= 0.3 is 0 Å². The van der Waals surface area contributed by atoms with Gasteiger partial charge in [-0.1, -0.05) is 36.4 Å². The van der Waals surface area contributed by atoms with Crippen LogP contribution in [0.2, 0.25) is 0 Å². The van der Waals surface area contributed by atoms with Gasteiger partial charge in [-0.2, -0.15) is 0 Å². The summed E-state index contributed by atoms with van der Waals surface area (Å²) in [6.07, 6.45) is 0. The molecule has 6 heteroatoms. The quantitative estimate of drug-likeness (QED) is 0.637. The average Bonchev–Trinajstić information content (AvgIpc) is 2.55. The van der Waals surface area contributed by atoms with E-state index >= 15 is 0 Å². The molecule has 5 nitrogen and oxygen atoms in total. The van der Waals surface area contributed by atoms with Crippen molar-refractivity contribution in [1.29, 1.82) is 0 Å². The summed E-state index contributed by atoms with van der Waals surface area (Å²) in [4.78, 5) is 22.8. The van der Waals surface area contributed by atoms with E-state index in [2.05, 4.69) is 5.32 Å². The second-order valence-electron chi connectivity index (χ2n) is 5.13. The Kier molecular flexibility index (Phi) is 5.76. The Morgan fingerprint density at radius 2 is 1.91 bits per heavy atom. The number of nitro benzene ring substituents is 1. The Morgan fingerprint density at radius 3 is 2.57 bits per heavy atom. The number of nitrogens with one attached hydrogen (secondary N) is 1. The molecule has 2 aromatic carbocycles. The van der Waals surface area contributed by atoms with Crippen LogP contribution in [0.4, 0.5) is 11.4 Å². The molecular formula is C17H18N2O3S. The molecule has 0 spiro atoms. The number of hydrogen-bond acceptors (Lipinski definition) is 4. The Balaban J connectivity index is 1.98. The maximum absolute atomic E-state index is 12.3. The molecule has 0 aliphatic rings. The van der Waals surface area contributed by atoms with Gasteiger partial charge in [0.25, 0.3) is 5.69 Å². The lowest BCUT2D eigenvalue weighted by atomic mass is 10.1. The molecule has 2 aromatic rings. The molecule has 0 saturated heterocycles. The minimum absolute atomic E-state index is 0.00684. The van der Waals surface area contributed by atoms with Crippen molar-refractivity contribution in [3.63, 3.8) is 0 Å². The van der Waals surface area contributed by atoms with Crippen LogP contribution in [0.3, 0.4) is 0 Å². The third kappa shape index (κ3) is 4.56. The minimum atomic E-state index is -0.446. The number of thioether (sulfide) groups is 1. The van der Waals surface area contributed by atoms with E-state index in [1.807, 2.05) is 37.3 Å². The van der Waals surface area contributed by atoms with Crippen molar-refractivity contribution in [1.82, 2.24) is 0 Å². The number of nitrogens with zero attached hydrogens (tertiary/aromatic N) is 1. The fourth-order valence-electron chi connectivity index (χ4n) is 2.06. The highest BCUT2D eigenvalue weighted by molar-refractivity contribution is 7.99. The molecule has 1 N–H and O–H groups in total. The second kappa shape index (κ2) is 7.78. The Bertz CT molecular complexity index is 704. The van der Waals surface area contributed by atoms with Gasteiger partial charge in [0.1, 0.15) is 0 Å².